The Morgan fingerprint density at radius 1 is 1.25 bits per heavy atom. The number of carbonyl (C=O) groups is 1. The maximum absolute atomic E-state index is 11.2. The molecule has 4 heteroatoms. The number of unbranched alkanes of at least 4 members (excludes halogenated alkanes) is 2. The molecule has 0 aliphatic heterocycles. The molecule has 0 spiro atoms. The molecular formula is C16H30O3Si. The van der Waals surface area contributed by atoms with Crippen LogP contribution in [0.1, 0.15) is 53.4 Å². The summed E-state index contributed by atoms with van der Waals surface area (Å²) in [7, 11) is -0.520. The predicted octanol–water partition coefficient (Wildman–Crippen LogP) is 4.13. The minimum Gasteiger partial charge on any atom is -0.459 e. The van der Waals surface area contributed by atoms with Crippen molar-refractivity contribution in [2.75, 3.05) is 7.11 Å². The van der Waals surface area contributed by atoms with Gasteiger partial charge in [0.05, 0.1) is 7.11 Å². The fourth-order valence-electron chi connectivity index (χ4n) is 1.46. The standard InChI is InChI=1S/C16H30O3Si/c1-8-9-10-11-14(12-13-15(17)18-5)19-20(6,7)16(2,3)4/h14H,8-11H2,1-7H3. The van der Waals surface area contributed by atoms with E-state index in [1.54, 1.807) is 0 Å². The zero-order chi connectivity index (χ0) is 15.8. The Bertz CT molecular complexity index is 358. The SMILES string of the molecule is CCCCCC(C#CC(=O)OC)O[Si](C)(C)C(C)(C)C. The molecule has 0 amide bonds. The van der Waals surface area contributed by atoms with Gasteiger partial charge in [-0.15, -0.1) is 0 Å². The Morgan fingerprint density at radius 2 is 1.85 bits per heavy atom. The van der Waals surface area contributed by atoms with E-state index in [0.29, 0.717) is 0 Å². The van der Waals surface area contributed by atoms with Gasteiger partial charge in [-0.2, -0.15) is 0 Å². The van der Waals surface area contributed by atoms with Gasteiger partial charge in [0.15, 0.2) is 8.32 Å². The fraction of sp³-hybridized carbons (Fsp3) is 0.812. The molecule has 20 heavy (non-hydrogen) atoms. The topological polar surface area (TPSA) is 35.5 Å². The zero-order valence-corrected chi connectivity index (χ0v) is 15.1. The van der Waals surface area contributed by atoms with Crippen molar-refractivity contribution < 1.29 is 14.0 Å². The molecule has 1 atom stereocenters. The van der Waals surface area contributed by atoms with Crippen LogP contribution in [0.15, 0.2) is 0 Å². The molecule has 0 aromatic carbocycles. The monoisotopic (exact) mass is 298 g/mol. The van der Waals surface area contributed by atoms with Crippen molar-refractivity contribution in [1.29, 1.82) is 0 Å². The predicted molar refractivity (Wildman–Crippen MR) is 86.0 cm³/mol. The summed E-state index contributed by atoms with van der Waals surface area (Å²) >= 11 is 0. The third-order valence-corrected chi connectivity index (χ3v) is 8.32. The molecule has 3 nitrogen and oxygen atoms in total. The lowest BCUT2D eigenvalue weighted by Gasteiger charge is -2.38. The highest BCUT2D eigenvalue weighted by atomic mass is 28.4. The normalized spacial score (nSPS) is 13.3. The van der Waals surface area contributed by atoms with Crippen LogP contribution in [0.25, 0.3) is 0 Å². The molecule has 116 valence electrons. The Labute approximate surface area is 125 Å². The van der Waals surface area contributed by atoms with Crippen molar-refractivity contribution >= 4 is 14.3 Å². The van der Waals surface area contributed by atoms with Crippen LogP contribution in [-0.2, 0) is 14.0 Å². The van der Waals surface area contributed by atoms with Crippen molar-refractivity contribution in [3.05, 3.63) is 0 Å². The van der Waals surface area contributed by atoms with Crippen LogP contribution in [0, 0.1) is 11.8 Å². The van der Waals surface area contributed by atoms with Crippen molar-refractivity contribution in [3.8, 4) is 11.8 Å². The van der Waals surface area contributed by atoms with Crippen molar-refractivity contribution in [3.63, 3.8) is 0 Å². The Kier molecular flexibility index (Phi) is 8.15. The highest BCUT2D eigenvalue weighted by Crippen LogP contribution is 2.37. The number of ether oxygens (including phenoxy) is 1. The first-order chi connectivity index (χ1) is 9.14. The number of esters is 1. The summed E-state index contributed by atoms with van der Waals surface area (Å²) in [4.78, 5) is 11.2. The van der Waals surface area contributed by atoms with Gasteiger partial charge in [-0.1, -0.05) is 46.5 Å². The molecular weight excluding hydrogens is 268 g/mol. The summed E-state index contributed by atoms with van der Waals surface area (Å²) < 4.78 is 10.9. The lowest BCUT2D eigenvalue weighted by atomic mass is 10.1. The van der Waals surface area contributed by atoms with E-state index in [1.165, 1.54) is 7.11 Å². The molecule has 0 saturated heterocycles. The minimum atomic E-state index is -1.86. The van der Waals surface area contributed by atoms with E-state index in [1.807, 2.05) is 0 Å². The molecule has 0 radical (unpaired) electrons. The largest absolute Gasteiger partial charge is 0.459 e. The summed E-state index contributed by atoms with van der Waals surface area (Å²) in [5.41, 5.74) is 0. The van der Waals surface area contributed by atoms with Crippen LogP contribution in [0.2, 0.25) is 18.1 Å². The number of methoxy groups -OCH3 is 1. The van der Waals surface area contributed by atoms with E-state index in [2.05, 4.69) is 57.4 Å². The van der Waals surface area contributed by atoms with E-state index in [4.69, 9.17) is 4.43 Å². The molecule has 1 unspecified atom stereocenters. The Morgan fingerprint density at radius 3 is 2.30 bits per heavy atom. The molecule has 0 aromatic rings. The average Bonchev–Trinajstić information content (AvgIpc) is 2.33. The maximum Gasteiger partial charge on any atom is 0.384 e. The van der Waals surface area contributed by atoms with Crippen LogP contribution in [0.4, 0.5) is 0 Å². The molecule has 0 N–H and O–H groups in total. The third kappa shape index (κ3) is 7.11. The lowest BCUT2D eigenvalue weighted by Crippen LogP contribution is -2.43. The van der Waals surface area contributed by atoms with Crippen molar-refractivity contribution in [1.82, 2.24) is 0 Å². The second-order valence-corrected chi connectivity index (χ2v) is 11.4. The summed E-state index contributed by atoms with van der Waals surface area (Å²) in [6.45, 7) is 13.2. The average molecular weight is 298 g/mol. The van der Waals surface area contributed by atoms with Gasteiger partial charge >= 0.3 is 5.97 Å². The first-order valence-electron chi connectivity index (χ1n) is 7.41. The summed E-state index contributed by atoms with van der Waals surface area (Å²) in [5.74, 6) is 4.97. The number of rotatable bonds is 6. The number of hydrogen-bond donors (Lipinski definition) is 0. The van der Waals surface area contributed by atoms with Crippen molar-refractivity contribution in [2.24, 2.45) is 0 Å². The highest BCUT2D eigenvalue weighted by Gasteiger charge is 2.38. The summed E-state index contributed by atoms with van der Waals surface area (Å²) in [5, 5.41) is 0.142. The minimum absolute atomic E-state index is 0.142. The highest BCUT2D eigenvalue weighted by molar-refractivity contribution is 6.74. The first-order valence-corrected chi connectivity index (χ1v) is 10.3. The van der Waals surface area contributed by atoms with Gasteiger partial charge in [-0.25, -0.2) is 4.79 Å². The van der Waals surface area contributed by atoms with E-state index >= 15 is 0 Å². The molecule has 0 aliphatic rings. The molecule has 0 fully saturated rings. The van der Waals surface area contributed by atoms with Gasteiger partial charge < -0.3 is 9.16 Å². The van der Waals surface area contributed by atoms with Gasteiger partial charge in [-0.3, -0.25) is 0 Å². The van der Waals surface area contributed by atoms with Crippen LogP contribution in [0.5, 0.6) is 0 Å². The molecule has 0 aromatic heterocycles. The van der Waals surface area contributed by atoms with E-state index in [-0.39, 0.29) is 11.1 Å². The Balaban J connectivity index is 4.83. The molecule has 0 heterocycles. The maximum atomic E-state index is 11.2. The van der Waals surface area contributed by atoms with Gasteiger partial charge in [-0.05, 0) is 31.0 Å². The number of hydrogen-bond acceptors (Lipinski definition) is 3. The molecule has 0 aliphatic carbocycles. The van der Waals surface area contributed by atoms with Crippen LogP contribution in [-0.4, -0.2) is 27.5 Å². The fourth-order valence-corrected chi connectivity index (χ4v) is 2.70. The smallest absolute Gasteiger partial charge is 0.384 e. The second-order valence-electron chi connectivity index (χ2n) is 6.62. The lowest BCUT2D eigenvalue weighted by molar-refractivity contribution is -0.133. The quantitative estimate of drug-likeness (QED) is 0.243. The van der Waals surface area contributed by atoms with Crippen LogP contribution >= 0.6 is 0 Å². The van der Waals surface area contributed by atoms with Crippen molar-refractivity contribution in [2.45, 2.75) is 77.6 Å². The van der Waals surface area contributed by atoms with Crippen LogP contribution in [0.3, 0.4) is 0 Å². The van der Waals surface area contributed by atoms with E-state index < -0.39 is 14.3 Å². The third-order valence-electron chi connectivity index (χ3n) is 3.83. The van der Waals surface area contributed by atoms with E-state index in [0.717, 1.165) is 25.7 Å². The van der Waals surface area contributed by atoms with Gasteiger partial charge in [0, 0.05) is 5.92 Å². The summed E-state index contributed by atoms with van der Waals surface area (Å²) in [6, 6.07) is 0. The zero-order valence-electron chi connectivity index (χ0n) is 14.1. The molecule has 0 saturated carbocycles. The number of carbonyl (C=O) groups excluding carboxylic acids is 1. The second kappa shape index (κ2) is 8.48. The van der Waals surface area contributed by atoms with Gasteiger partial charge in [0.1, 0.15) is 6.10 Å². The molecule has 0 rings (SSSR count). The Hall–Kier alpha value is -0.793. The first kappa shape index (κ1) is 19.2. The summed E-state index contributed by atoms with van der Waals surface area (Å²) in [6.07, 6.45) is 4.12. The van der Waals surface area contributed by atoms with Gasteiger partial charge in [0.2, 0.25) is 0 Å². The molecule has 0 bridgehead atoms. The van der Waals surface area contributed by atoms with E-state index in [9.17, 15) is 4.79 Å². The van der Waals surface area contributed by atoms with Crippen LogP contribution < -0.4 is 0 Å². The van der Waals surface area contributed by atoms with Gasteiger partial charge in [0.25, 0.3) is 0 Å².